The lowest BCUT2D eigenvalue weighted by Gasteiger charge is -2.20. The van der Waals surface area contributed by atoms with E-state index in [1.54, 1.807) is 12.1 Å². The Balaban J connectivity index is 2.32. The van der Waals surface area contributed by atoms with Crippen LogP contribution in [0.15, 0.2) is 24.3 Å². The molecule has 1 aromatic carbocycles. The van der Waals surface area contributed by atoms with Gasteiger partial charge in [0.1, 0.15) is 0 Å². The van der Waals surface area contributed by atoms with Crippen molar-refractivity contribution in [2.24, 2.45) is 11.7 Å². The van der Waals surface area contributed by atoms with Crippen LogP contribution in [-0.4, -0.2) is 18.5 Å². The normalized spacial score (nSPS) is 20.6. The van der Waals surface area contributed by atoms with Gasteiger partial charge in [0.25, 0.3) is 0 Å². The SMILES string of the molecule is CC1CCNC(=O)N(c2ccc(CN)cc2)C1=O. The molecule has 2 rings (SSSR count). The third-order valence-electron chi connectivity index (χ3n) is 3.13. The van der Waals surface area contributed by atoms with Gasteiger partial charge in [-0.05, 0) is 24.1 Å². The molecule has 1 aliphatic heterocycles. The molecule has 0 radical (unpaired) electrons. The van der Waals surface area contributed by atoms with Gasteiger partial charge in [0.2, 0.25) is 5.91 Å². The largest absolute Gasteiger partial charge is 0.337 e. The molecule has 1 aromatic rings. The van der Waals surface area contributed by atoms with Crippen LogP contribution < -0.4 is 16.0 Å². The first-order chi connectivity index (χ1) is 8.63. The number of rotatable bonds is 2. The minimum Gasteiger partial charge on any atom is -0.337 e. The predicted molar refractivity (Wildman–Crippen MR) is 69.0 cm³/mol. The van der Waals surface area contributed by atoms with Crippen LogP contribution in [0.2, 0.25) is 0 Å². The zero-order chi connectivity index (χ0) is 13.1. The first kappa shape index (κ1) is 12.6. The van der Waals surface area contributed by atoms with Gasteiger partial charge < -0.3 is 11.1 Å². The fourth-order valence-corrected chi connectivity index (χ4v) is 1.94. The molecule has 96 valence electrons. The summed E-state index contributed by atoms with van der Waals surface area (Å²) in [4.78, 5) is 25.3. The van der Waals surface area contributed by atoms with E-state index in [9.17, 15) is 9.59 Å². The molecule has 1 fully saturated rings. The molecule has 5 nitrogen and oxygen atoms in total. The molecular formula is C13H17N3O2. The number of nitrogens with two attached hydrogens (primary N) is 1. The second-order valence-corrected chi connectivity index (χ2v) is 4.47. The van der Waals surface area contributed by atoms with Crippen molar-refractivity contribution in [1.82, 2.24) is 5.32 Å². The molecule has 3 N–H and O–H groups in total. The second kappa shape index (κ2) is 5.18. The summed E-state index contributed by atoms with van der Waals surface area (Å²) in [6.07, 6.45) is 0.669. The molecule has 0 bridgehead atoms. The average molecular weight is 247 g/mol. The van der Waals surface area contributed by atoms with E-state index in [1.807, 2.05) is 19.1 Å². The molecule has 1 saturated heterocycles. The molecule has 1 atom stereocenters. The number of amides is 3. The number of carbonyl (C=O) groups is 2. The highest BCUT2D eigenvalue weighted by Gasteiger charge is 2.30. The third-order valence-corrected chi connectivity index (χ3v) is 3.13. The highest BCUT2D eigenvalue weighted by molar-refractivity contribution is 6.15. The van der Waals surface area contributed by atoms with Gasteiger partial charge in [0, 0.05) is 19.0 Å². The number of nitrogens with zero attached hydrogens (tertiary/aromatic N) is 1. The highest BCUT2D eigenvalue weighted by atomic mass is 16.2. The van der Waals surface area contributed by atoms with Gasteiger partial charge in [-0.2, -0.15) is 0 Å². The fraction of sp³-hybridized carbons (Fsp3) is 0.385. The lowest BCUT2D eigenvalue weighted by molar-refractivity contribution is -0.121. The van der Waals surface area contributed by atoms with E-state index < -0.39 is 0 Å². The van der Waals surface area contributed by atoms with Gasteiger partial charge in [0.15, 0.2) is 0 Å². The molecule has 0 saturated carbocycles. The molecular weight excluding hydrogens is 230 g/mol. The Morgan fingerprint density at radius 3 is 2.61 bits per heavy atom. The average Bonchev–Trinajstić information content (AvgIpc) is 2.50. The molecule has 0 aromatic heterocycles. The zero-order valence-electron chi connectivity index (χ0n) is 10.3. The van der Waals surface area contributed by atoms with Gasteiger partial charge in [-0.3, -0.25) is 4.79 Å². The number of benzene rings is 1. The Labute approximate surface area is 106 Å². The Kier molecular flexibility index (Phi) is 3.62. The van der Waals surface area contributed by atoms with Crippen molar-refractivity contribution >= 4 is 17.6 Å². The molecule has 0 aliphatic carbocycles. The molecule has 0 spiro atoms. The zero-order valence-corrected chi connectivity index (χ0v) is 10.3. The number of hydrogen-bond acceptors (Lipinski definition) is 3. The quantitative estimate of drug-likeness (QED) is 0.825. The van der Waals surface area contributed by atoms with Crippen LogP contribution in [0.3, 0.4) is 0 Å². The lowest BCUT2D eigenvalue weighted by Crippen LogP contribution is -2.42. The maximum absolute atomic E-state index is 12.2. The minimum atomic E-state index is -0.357. The van der Waals surface area contributed by atoms with E-state index in [-0.39, 0.29) is 17.9 Å². The van der Waals surface area contributed by atoms with E-state index in [1.165, 1.54) is 4.90 Å². The smallest absolute Gasteiger partial charge is 0.328 e. The summed E-state index contributed by atoms with van der Waals surface area (Å²) in [5.41, 5.74) is 7.07. The second-order valence-electron chi connectivity index (χ2n) is 4.47. The summed E-state index contributed by atoms with van der Waals surface area (Å²) in [5, 5.41) is 2.72. The van der Waals surface area contributed by atoms with Crippen molar-refractivity contribution in [3.63, 3.8) is 0 Å². The Morgan fingerprint density at radius 2 is 2.00 bits per heavy atom. The van der Waals surface area contributed by atoms with E-state index in [2.05, 4.69) is 5.32 Å². The van der Waals surface area contributed by atoms with Crippen molar-refractivity contribution in [3.05, 3.63) is 29.8 Å². The van der Waals surface area contributed by atoms with Gasteiger partial charge in [0.05, 0.1) is 5.69 Å². The summed E-state index contributed by atoms with van der Waals surface area (Å²) in [5.74, 6) is -0.316. The van der Waals surface area contributed by atoms with Crippen LogP contribution in [0.1, 0.15) is 18.9 Å². The summed E-state index contributed by atoms with van der Waals surface area (Å²) < 4.78 is 0. The van der Waals surface area contributed by atoms with Crippen LogP contribution in [0.4, 0.5) is 10.5 Å². The predicted octanol–water partition coefficient (Wildman–Crippen LogP) is 1.23. The van der Waals surface area contributed by atoms with Gasteiger partial charge in [-0.1, -0.05) is 19.1 Å². The molecule has 1 unspecified atom stereocenters. The number of urea groups is 1. The molecule has 3 amide bonds. The Morgan fingerprint density at radius 1 is 1.33 bits per heavy atom. The van der Waals surface area contributed by atoms with Crippen molar-refractivity contribution < 1.29 is 9.59 Å². The Hall–Kier alpha value is -1.88. The van der Waals surface area contributed by atoms with E-state index in [0.29, 0.717) is 25.2 Å². The van der Waals surface area contributed by atoms with Crippen molar-refractivity contribution in [2.75, 3.05) is 11.4 Å². The first-order valence-corrected chi connectivity index (χ1v) is 6.04. The lowest BCUT2D eigenvalue weighted by atomic mass is 10.1. The van der Waals surface area contributed by atoms with Crippen molar-refractivity contribution in [1.29, 1.82) is 0 Å². The van der Waals surface area contributed by atoms with E-state index in [4.69, 9.17) is 5.73 Å². The summed E-state index contributed by atoms with van der Waals surface area (Å²) in [7, 11) is 0. The highest BCUT2D eigenvalue weighted by Crippen LogP contribution is 2.20. The summed E-state index contributed by atoms with van der Waals surface area (Å²) in [6.45, 7) is 2.81. The van der Waals surface area contributed by atoms with Crippen LogP contribution >= 0.6 is 0 Å². The monoisotopic (exact) mass is 247 g/mol. The number of carbonyl (C=O) groups excluding carboxylic acids is 2. The molecule has 5 heteroatoms. The van der Waals surface area contributed by atoms with Gasteiger partial charge in [-0.25, -0.2) is 9.69 Å². The molecule has 1 heterocycles. The van der Waals surface area contributed by atoms with Gasteiger partial charge >= 0.3 is 6.03 Å². The number of hydrogen-bond donors (Lipinski definition) is 2. The fourth-order valence-electron chi connectivity index (χ4n) is 1.94. The van der Waals surface area contributed by atoms with Crippen molar-refractivity contribution in [2.45, 2.75) is 19.9 Å². The summed E-state index contributed by atoms with van der Waals surface area (Å²) in [6, 6.07) is 6.79. The third kappa shape index (κ3) is 2.36. The molecule has 1 aliphatic rings. The summed E-state index contributed by atoms with van der Waals surface area (Å²) >= 11 is 0. The van der Waals surface area contributed by atoms with Crippen molar-refractivity contribution in [3.8, 4) is 0 Å². The van der Waals surface area contributed by atoms with Crippen LogP contribution in [0.5, 0.6) is 0 Å². The first-order valence-electron chi connectivity index (χ1n) is 6.04. The van der Waals surface area contributed by atoms with Gasteiger partial charge in [-0.15, -0.1) is 0 Å². The van der Waals surface area contributed by atoms with Crippen LogP contribution in [-0.2, 0) is 11.3 Å². The standard InChI is InChI=1S/C13H17N3O2/c1-9-6-7-15-13(18)16(12(9)17)11-4-2-10(8-14)3-5-11/h2-5,9H,6-8,14H2,1H3,(H,15,18). The number of imide groups is 1. The minimum absolute atomic E-state index is 0.155. The number of nitrogens with one attached hydrogen (secondary N) is 1. The maximum atomic E-state index is 12.2. The van der Waals surface area contributed by atoms with Crippen LogP contribution in [0.25, 0.3) is 0 Å². The van der Waals surface area contributed by atoms with E-state index in [0.717, 1.165) is 5.56 Å². The Bertz CT molecular complexity index is 456. The van der Waals surface area contributed by atoms with Crippen LogP contribution in [0, 0.1) is 5.92 Å². The molecule has 18 heavy (non-hydrogen) atoms. The topological polar surface area (TPSA) is 75.4 Å². The number of anilines is 1. The maximum Gasteiger partial charge on any atom is 0.328 e. The van der Waals surface area contributed by atoms with E-state index >= 15 is 0 Å².